The van der Waals surface area contributed by atoms with Gasteiger partial charge in [-0.2, -0.15) is 0 Å². The highest BCUT2D eigenvalue weighted by Gasteiger charge is 2.15. The smallest absolute Gasteiger partial charge is 0.257 e. The molecule has 0 radical (unpaired) electrons. The first kappa shape index (κ1) is 20.4. The number of nitrogens with one attached hydrogen (secondary N) is 1. The molecule has 1 aliphatic carbocycles. The Balaban J connectivity index is 1.61. The Morgan fingerprint density at radius 2 is 1.79 bits per heavy atom. The van der Waals surface area contributed by atoms with Crippen LogP contribution >= 0.6 is 0 Å². The van der Waals surface area contributed by atoms with Crippen molar-refractivity contribution in [3.8, 4) is 16.9 Å². The number of ether oxygens (including phenoxy) is 1. The molecule has 4 nitrogen and oxygen atoms in total. The van der Waals surface area contributed by atoms with E-state index >= 15 is 0 Å². The number of carbonyl (C=O) groups excluding carboxylic acids is 1. The van der Waals surface area contributed by atoms with Crippen LogP contribution in [-0.2, 0) is 11.3 Å². The van der Waals surface area contributed by atoms with Gasteiger partial charge in [-0.1, -0.05) is 55.7 Å². The monoisotopic (exact) mass is 380 g/mol. The first-order valence-electron chi connectivity index (χ1n) is 10.3. The zero-order valence-corrected chi connectivity index (χ0v) is 17.1. The summed E-state index contributed by atoms with van der Waals surface area (Å²) in [5.74, 6) is 1.38. The molecule has 1 saturated carbocycles. The van der Waals surface area contributed by atoms with Gasteiger partial charge >= 0.3 is 0 Å². The third-order valence-electron chi connectivity index (χ3n) is 5.33. The molecule has 2 aromatic carbocycles. The van der Waals surface area contributed by atoms with E-state index in [1.165, 1.54) is 37.7 Å². The largest absolute Gasteiger partial charge is 0.483 e. The van der Waals surface area contributed by atoms with Gasteiger partial charge in [0.2, 0.25) is 0 Å². The number of benzene rings is 2. The minimum atomic E-state index is -0.0338. The summed E-state index contributed by atoms with van der Waals surface area (Å²) in [7, 11) is 4.08. The van der Waals surface area contributed by atoms with Crippen molar-refractivity contribution in [3.63, 3.8) is 0 Å². The molecule has 0 aromatic heterocycles. The average molecular weight is 381 g/mol. The van der Waals surface area contributed by atoms with Crippen LogP contribution in [0.1, 0.15) is 37.7 Å². The van der Waals surface area contributed by atoms with Crippen LogP contribution in [0.15, 0.2) is 48.5 Å². The topological polar surface area (TPSA) is 41.6 Å². The average Bonchev–Trinajstić information content (AvgIpc) is 2.72. The molecule has 0 spiro atoms. The van der Waals surface area contributed by atoms with E-state index in [2.05, 4.69) is 34.5 Å². The van der Waals surface area contributed by atoms with Crippen LogP contribution in [0.5, 0.6) is 5.75 Å². The van der Waals surface area contributed by atoms with Crippen molar-refractivity contribution in [2.75, 3.05) is 27.2 Å². The molecule has 1 aliphatic rings. The quantitative estimate of drug-likeness (QED) is 0.734. The maximum absolute atomic E-state index is 12.2. The number of nitrogens with zero attached hydrogens (tertiary/aromatic N) is 1. The van der Waals surface area contributed by atoms with E-state index in [-0.39, 0.29) is 12.5 Å². The minimum absolute atomic E-state index is 0.0338. The standard InChI is InChI=1S/C24H32N2O2/c1-26(2)17-22-15-21(20-11-7-4-8-12-20)13-14-23(22)28-18-24(27)25-16-19-9-5-3-6-10-19/h4,7-8,11-15,19H,3,5-6,9-10,16-18H2,1-2H3,(H,25,27). The summed E-state index contributed by atoms with van der Waals surface area (Å²) >= 11 is 0. The molecule has 0 aliphatic heterocycles. The molecular weight excluding hydrogens is 348 g/mol. The van der Waals surface area contributed by atoms with Crippen LogP contribution in [0, 0.1) is 5.92 Å². The number of carbonyl (C=O) groups is 1. The lowest BCUT2D eigenvalue weighted by atomic mass is 9.89. The van der Waals surface area contributed by atoms with Gasteiger partial charge in [0.1, 0.15) is 5.75 Å². The number of hydrogen-bond acceptors (Lipinski definition) is 3. The maximum atomic E-state index is 12.2. The Labute approximate surface area is 168 Å². The summed E-state index contributed by atoms with van der Waals surface area (Å²) in [6.07, 6.45) is 6.38. The van der Waals surface area contributed by atoms with Crippen LogP contribution in [0.2, 0.25) is 0 Å². The molecule has 4 heteroatoms. The van der Waals surface area contributed by atoms with Gasteiger partial charge in [0.15, 0.2) is 6.61 Å². The van der Waals surface area contributed by atoms with Crippen molar-refractivity contribution in [1.29, 1.82) is 0 Å². The lowest BCUT2D eigenvalue weighted by Gasteiger charge is -2.22. The van der Waals surface area contributed by atoms with E-state index < -0.39 is 0 Å². The Morgan fingerprint density at radius 3 is 2.50 bits per heavy atom. The van der Waals surface area contributed by atoms with Crippen molar-refractivity contribution < 1.29 is 9.53 Å². The zero-order chi connectivity index (χ0) is 19.8. The fraction of sp³-hybridized carbons (Fsp3) is 0.458. The molecule has 1 amide bonds. The van der Waals surface area contributed by atoms with E-state index in [9.17, 15) is 4.79 Å². The van der Waals surface area contributed by atoms with E-state index in [0.717, 1.165) is 30.0 Å². The predicted molar refractivity (Wildman–Crippen MR) is 114 cm³/mol. The van der Waals surface area contributed by atoms with Crippen LogP contribution in [0.3, 0.4) is 0 Å². The van der Waals surface area contributed by atoms with Gasteiger partial charge in [-0.15, -0.1) is 0 Å². The van der Waals surface area contributed by atoms with Crippen LogP contribution in [0.25, 0.3) is 11.1 Å². The van der Waals surface area contributed by atoms with Crippen molar-refractivity contribution in [2.24, 2.45) is 5.92 Å². The van der Waals surface area contributed by atoms with E-state index in [4.69, 9.17) is 4.74 Å². The van der Waals surface area contributed by atoms with Crippen molar-refractivity contribution in [1.82, 2.24) is 10.2 Å². The third kappa shape index (κ3) is 6.10. The molecule has 0 heterocycles. The van der Waals surface area contributed by atoms with E-state index in [1.807, 2.05) is 38.4 Å². The van der Waals surface area contributed by atoms with Gasteiger partial charge in [-0.3, -0.25) is 4.79 Å². The summed E-state index contributed by atoms with van der Waals surface area (Å²) in [6.45, 7) is 1.61. The fourth-order valence-electron chi connectivity index (χ4n) is 3.84. The highest BCUT2D eigenvalue weighted by atomic mass is 16.5. The molecule has 150 valence electrons. The molecule has 2 aromatic rings. The normalized spacial score (nSPS) is 14.8. The molecule has 1 N–H and O–H groups in total. The molecule has 0 unspecified atom stereocenters. The molecule has 1 fully saturated rings. The van der Waals surface area contributed by atoms with Gasteiger partial charge in [0, 0.05) is 18.7 Å². The lowest BCUT2D eigenvalue weighted by Crippen LogP contribution is -2.33. The van der Waals surface area contributed by atoms with Crippen molar-refractivity contribution >= 4 is 5.91 Å². The molecule has 0 bridgehead atoms. The van der Waals surface area contributed by atoms with Crippen molar-refractivity contribution in [3.05, 3.63) is 54.1 Å². The van der Waals surface area contributed by atoms with Crippen LogP contribution < -0.4 is 10.1 Å². The van der Waals surface area contributed by atoms with E-state index in [0.29, 0.717) is 5.92 Å². The summed E-state index contributed by atoms with van der Waals surface area (Å²) in [4.78, 5) is 14.3. The number of amides is 1. The highest BCUT2D eigenvalue weighted by Crippen LogP contribution is 2.27. The summed E-state index contributed by atoms with van der Waals surface area (Å²) in [6, 6.07) is 16.5. The predicted octanol–water partition coefficient (Wildman–Crippen LogP) is 4.49. The molecule has 0 atom stereocenters. The van der Waals surface area contributed by atoms with Crippen molar-refractivity contribution in [2.45, 2.75) is 38.6 Å². The molecule has 0 saturated heterocycles. The van der Waals surface area contributed by atoms with Gasteiger partial charge in [0.25, 0.3) is 5.91 Å². The number of rotatable bonds is 8. The fourth-order valence-corrected chi connectivity index (χ4v) is 3.84. The van der Waals surface area contributed by atoms with Gasteiger partial charge < -0.3 is 15.0 Å². The first-order valence-corrected chi connectivity index (χ1v) is 10.3. The molecular formula is C24H32N2O2. The van der Waals surface area contributed by atoms with Gasteiger partial charge in [0.05, 0.1) is 0 Å². The molecule has 28 heavy (non-hydrogen) atoms. The summed E-state index contributed by atoms with van der Waals surface area (Å²) in [5.41, 5.74) is 3.43. The van der Waals surface area contributed by atoms with Gasteiger partial charge in [-0.05, 0) is 56.1 Å². The second-order valence-corrected chi connectivity index (χ2v) is 8.02. The maximum Gasteiger partial charge on any atom is 0.257 e. The first-order chi connectivity index (χ1) is 13.6. The van der Waals surface area contributed by atoms with Crippen LogP contribution in [0.4, 0.5) is 0 Å². The zero-order valence-electron chi connectivity index (χ0n) is 17.1. The summed E-state index contributed by atoms with van der Waals surface area (Å²) < 4.78 is 5.89. The Morgan fingerprint density at radius 1 is 1.04 bits per heavy atom. The number of hydrogen-bond donors (Lipinski definition) is 1. The third-order valence-corrected chi connectivity index (χ3v) is 5.33. The Kier molecular flexibility index (Phi) is 7.49. The lowest BCUT2D eigenvalue weighted by molar-refractivity contribution is -0.123. The van der Waals surface area contributed by atoms with Crippen LogP contribution in [-0.4, -0.2) is 38.1 Å². The van der Waals surface area contributed by atoms with Gasteiger partial charge in [-0.25, -0.2) is 0 Å². The highest BCUT2D eigenvalue weighted by molar-refractivity contribution is 5.77. The van der Waals surface area contributed by atoms with E-state index in [1.54, 1.807) is 0 Å². The summed E-state index contributed by atoms with van der Waals surface area (Å²) in [5, 5.41) is 3.05. The second kappa shape index (κ2) is 10.3. The molecule has 3 rings (SSSR count). The second-order valence-electron chi connectivity index (χ2n) is 8.02. The SMILES string of the molecule is CN(C)Cc1cc(-c2ccccc2)ccc1OCC(=O)NCC1CCCCC1. The minimum Gasteiger partial charge on any atom is -0.483 e. The Bertz CT molecular complexity index is 752. The Hall–Kier alpha value is -2.33.